The van der Waals surface area contributed by atoms with Crippen LogP contribution >= 0.6 is 11.6 Å². The maximum Gasteiger partial charge on any atom is 0.256 e. The molecule has 0 atom stereocenters. The number of anilines is 2. The summed E-state index contributed by atoms with van der Waals surface area (Å²) in [5.74, 6) is -0.672. The van der Waals surface area contributed by atoms with Crippen LogP contribution in [0.3, 0.4) is 0 Å². The van der Waals surface area contributed by atoms with E-state index in [1.54, 1.807) is 54.6 Å². The van der Waals surface area contributed by atoms with Gasteiger partial charge in [-0.1, -0.05) is 59.6 Å². The highest BCUT2D eigenvalue weighted by molar-refractivity contribution is 6.33. The monoisotopic (exact) mass is 447 g/mol. The van der Waals surface area contributed by atoms with Crippen LogP contribution in [0, 0.1) is 6.92 Å². The molecule has 0 radical (unpaired) electrons. The molecule has 0 bridgehead atoms. The summed E-state index contributed by atoms with van der Waals surface area (Å²) >= 11 is 6.44. The first-order valence-electron chi connectivity index (χ1n) is 10.3. The number of piperazine rings is 1. The Bertz CT molecular complexity index is 1190. The second-order valence-electron chi connectivity index (χ2n) is 7.63. The molecule has 1 heterocycles. The predicted molar refractivity (Wildman–Crippen MR) is 126 cm³/mol. The Morgan fingerprint density at radius 3 is 2.41 bits per heavy atom. The molecule has 3 aromatic carbocycles. The predicted octanol–water partition coefficient (Wildman–Crippen LogP) is 4.07. The number of amides is 2. The molecule has 4 rings (SSSR count). The largest absolute Gasteiger partial charge is 0.359 e. The third-order valence-corrected chi connectivity index (χ3v) is 5.62. The minimum Gasteiger partial charge on any atom is -0.359 e. The smallest absolute Gasteiger partial charge is 0.256 e. The highest BCUT2D eigenvalue weighted by Crippen LogP contribution is 2.29. The fourth-order valence-corrected chi connectivity index (χ4v) is 3.92. The summed E-state index contributed by atoms with van der Waals surface area (Å²) in [6.07, 6.45) is 0. The normalized spacial score (nSPS) is 13.4. The first-order chi connectivity index (χ1) is 15.4. The highest BCUT2D eigenvalue weighted by Gasteiger charge is 2.21. The zero-order chi connectivity index (χ0) is 22.7. The number of nitrogens with one attached hydrogen (secondary N) is 2. The van der Waals surface area contributed by atoms with Gasteiger partial charge >= 0.3 is 0 Å². The van der Waals surface area contributed by atoms with E-state index >= 15 is 0 Å². The fraction of sp³-hybridized carbons (Fsp3) is 0.160. The molecular formula is C25H22ClN3O3. The van der Waals surface area contributed by atoms with Crippen LogP contribution in [0.25, 0.3) is 0 Å². The summed E-state index contributed by atoms with van der Waals surface area (Å²) in [4.78, 5) is 39.5. The molecule has 0 saturated carbocycles. The zero-order valence-corrected chi connectivity index (χ0v) is 18.3. The zero-order valence-electron chi connectivity index (χ0n) is 17.5. The van der Waals surface area contributed by atoms with E-state index in [9.17, 15) is 14.4 Å². The van der Waals surface area contributed by atoms with Gasteiger partial charge in [-0.25, -0.2) is 0 Å². The van der Waals surface area contributed by atoms with Crippen molar-refractivity contribution in [3.63, 3.8) is 0 Å². The molecule has 1 aliphatic rings. The molecule has 1 fully saturated rings. The molecular weight excluding hydrogens is 426 g/mol. The van der Waals surface area contributed by atoms with Crippen molar-refractivity contribution in [3.8, 4) is 0 Å². The van der Waals surface area contributed by atoms with Crippen LogP contribution in [0.1, 0.15) is 31.8 Å². The Balaban J connectivity index is 1.54. The number of carbonyl (C=O) groups excluding carboxylic acids is 3. The Morgan fingerprint density at radius 1 is 1.00 bits per heavy atom. The van der Waals surface area contributed by atoms with Gasteiger partial charge in [0.05, 0.1) is 22.8 Å². The average Bonchev–Trinajstić information content (AvgIpc) is 2.79. The number of halogens is 1. The van der Waals surface area contributed by atoms with Gasteiger partial charge < -0.3 is 15.5 Å². The van der Waals surface area contributed by atoms with Gasteiger partial charge in [-0.3, -0.25) is 14.4 Å². The molecule has 0 aliphatic carbocycles. The summed E-state index contributed by atoms with van der Waals surface area (Å²) < 4.78 is 0. The number of hydrogen-bond donors (Lipinski definition) is 2. The van der Waals surface area contributed by atoms with Gasteiger partial charge in [-0.2, -0.15) is 0 Å². The van der Waals surface area contributed by atoms with Gasteiger partial charge in [-0.05, 0) is 31.2 Å². The molecule has 1 saturated heterocycles. The van der Waals surface area contributed by atoms with Crippen molar-refractivity contribution in [2.24, 2.45) is 0 Å². The SMILES string of the molecule is Cc1ccc(C(=O)c2ccccc2C(=O)Nc2ccc(N3CCNC(=O)C3)c(Cl)c2)cc1. The lowest BCUT2D eigenvalue weighted by Crippen LogP contribution is -2.47. The van der Waals surface area contributed by atoms with E-state index in [0.29, 0.717) is 34.9 Å². The minimum absolute atomic E-state index is 0.0560. The molecule has 0 spiro atoms. The van der Waals surface area contributed by atoms with Gasteiger partial charge in [0.2, 0.25) is 5.91 Å². The third-order valence-electron chi connectivity index (χ3n) is 5.31. The number of aryl methyl sites for hydroxylation is 1. The standard InChI is InChI=1S/C25H22ClN3O3/c1-16-6-8-17(9-7-16)24(31)19-4-2-3-5-20(19)25(32)28-18-10-11-22(21(26)14-18)29-13-12-27-23(30)15-29/h2-11,14H,12-13,15H2,1H3,(H,27,30)(H,28,32). The summed E-state index contributed by atoms with van der Waals surface area (Å²) in [5, 5.41) is 6.03. The first kappa shape index (κ1) is 21.6. The first-order valence-corrected chi connectivity index (χ1v) is 10.6. The summed E-state index contributed by atoms with van der Waals surface area (Å²) in [6.45, 7) is 3.40. The van der Waals surface area contributed by atoms with E-state index in [4.69, 9.17) is 11.6 Å². The van der Waals surface area contributed by atoms with Crippen molar-refractivity contribution < 1.29 is 14.4 Å². The van der Waals surface area contributed by atoms with E-state index < -0.39 is 5.91 Å². The lowest BCUT2D eigenvalue weighted by molar-refractivity contribution is -0.120. The van der Waals surface area contributed by atoms with Gasteiger partial charge in [-0.15, -0.1) is 0 Å². The molecule has 7 heteroatoms. The summed E-state index contributed by atoms with van der Waals surface area (Å²) in [6, 6.07) is 19.1. The maximum absolute atomic E-state index is 13.0. The number of ketones is 1. The molecule has 32 heavy (non-hydrogen) atoms. The van der Waals surface area contributed by atoms with Crippen molar-refractivity contribution in [1.29, 1.82) is 0 Å². The van der Waals surface area contributed by atoms with Crippen LogP contribution in [0.2, 0.25) is 5.02 Å². The number of rotatable bonds is 5. The lowest BCUT2D eigenvalue weighted by atomic mass is 9.97. The minimum atomic E-state index is -0.401. The fourth-order valence-electron chi connectivity index (χ4n) is 3.62. The third kappa shape index (κ3) is 4.65. The molecule has 0 unspecified atom stereocenters. The van der Waals surface area contributed by atoms with Gasteiger partial charge in [0.25, 0.3) is 5.91 Å². The Hall–Kier alpha value is -3.64. The molecule has 2 N–H and O–H groups in total. The van der Waals surface area contributed by atoms with Gasteiger partial charge in [0.15, 0.2) is 5.78 Å². The average molecular weight is 448 g/mol. The van der Waals surface area contributed by atoms with Crippen LogP contribution in [0.4, 0.5) is 11.4 Å². The Kier molecular flexibility index (Phi) is 6.23. The summed E-state index contributed by atoms with van der Waals surface area (Å²) in [7, 11) is 0. The van der Waals surface area contributed by atoms with E-state index in [1.165, 1.54) is 0 Å². The highest BCUT2D eigenvalue weighted by atomic mass is 35.5. The van der Waals surface area contributed by atoms with Crippen molar-refractivity contribution in [2.75, 3.05) is 29.9 Å². The second kappa shape index (κ2) is 9.24. The van der Waals surface area contributed by atoms with Crippen molar-refractivity contribution in [1.82, 2.24) is 5.32 Å². The topological polar surface area (TPSA) is 78.5 Å². The van der Waals surface area contributed by atoms with Crippen LogP contribution in [-0.4, -0.2) is 37.2 Å². The molecule has 1 aliphatic heterocycles. The second-order valence-corrected chi connectivity index (χ2v) is 8.04. The molecule has 2 amide bonds. The molecule has 6 nitrogen and oxygen atoms in total. The van der Waals surface area contributed by atoms with Crippen molar-refractivity contribution in [2.45, 2.75) is 6.92 Å². The number of hydrogen-bond acceptors (Lipinski definition) is 4. The Morgan fingerprint density at radius 2 is 1.72 bits per heavy atom. The lowest BCUT2D eigenvalue weighted by Gasteiger charge is -2.29. The van der Waals surface area contributed by atoms with E-state index in [2.05, 4.69) is 10.6 Å². The van der Waals surface area contributed by atoms with E-state index in [-0.39, 0.29) is 23.8 Å². The van der Waals surface area contributed by atoms with E-state index in [0.717, 1.165) is 11.3 Å². The number of nitrogens with zero attached hydrogens (tertiary/aromatic N) is 1. The van der Waals surface area contributed by atoms with Crippen molar-refractivity contribution >= 4 is 40.6 Å². The molecule has 0 aromatic heterocycles. The number of carbonyl (C=O) groups is 3. The quantitative estimate of drug-likeness (QED) is 0.578. The maximum atomic E-state index is 13.0. The van der Waals surface area contributed by atoms with Gasteiger partial charge in [0.1, 0.15) is 0 Å². The number of benzene rings is 3. The van der Waals surface area contributed by atoms with Gasteiger partial charge in [0, 0.05) is 29.9 Å². The van der Waals surface area contributed by atoms with Crippen LogP contribution in [-0.2, 0) is 4.79 Å². The van der Waals surface area contributed by atoms with E-state index in [1.807, 2.05) is 24.0 Å². The van der Waals surface area contributed by atoms with Crippen LogP contribution < -0.4 is 15.5 Å². The molecule has 3 aromatic rings. The Labute approximate surface area is 191 Å². The molecule has 162 valence electrons. The van der Waals surface area contributed by atoms with Crippen LogP contribution in [0.15, 0.2) is 66.7 Å². The summed E-state index contributed by atoms with van der Waals surface area (Å²) in [5.41, 5.74) is 3.42. The van der Waals surface area contributed by atoms with Crippen LogP contribution in [0.5, 0.6) is 0 Å². The van der Waals surface area contributed by atoms with Crippen molar-refractivity contribution in [3.05, 3.63) is 94.0 Å².